The number of thiazole rings is 1. The number of halogens is 3. The van der Waals surface area contributed by atoms with Crippen LogP contribution in [0, 0.1) is 0 Å². The van der Waals surface area contributed by atoms with E-state index in [9.17, 15) is 18.0 Å². The molecule has 0 bridgehead atoms. The summed E-state index contributed by atoms with van der Waals surface area (Å²) in [6, 6.07) is 14.2. The monoisotopic (exact) mass is 401 g/mol. The number of hydrogen-bond acceptors (Lipinski definition) is 3. The van der Waals surface area contributed by atoms with Crippen molar-refractivity contribution in [1.82, 2.24) is 14.7 Å². The van der Waals surface area contributed by atoms with Crippen LogP contribution in [0.4, 0.5) is 13.2 Å². The molecule has 2 aromatic carbocycles. The molecule has 0 aliphatic heterocycles. The molecule has 0 radical (unpaired) electrons. The molecule has 1 N–H and O–H groups in total. The van der Waals surface area contributed by atoms with Crippen molar-refractivity contribution in [2.24, 2.45) is 0 Å². The first kappa shape index (κ1) is 18.2. The molecule has 0 aliphatic carbocycles. The van der Waals surface area contributed by atoms with Crippen LogP contribution in [-0.2, 0) is 12.7 Å². The lowest BCUT2D eigenvalue weighted by atomic mass is 10.1. The van der Waals surface area contributed by atoms with Crippen LogP contribution in [0.1, 0.15) is 21.6 Å². The fraction of sp³-hybridized carbons (Fsp3) is 0.100. The molecule has 142 valence electrons. The number of carbonyl (C=O) groups is 1. The van der Waals surface area contributed by atoms with E-state index in [2.05, 4.69) is 10.3 Å². The topological polar surface area (TPSA) is 46.4 Å². The van der Waals surface area contributed by atoms with Crippen LogP contribution >= 0.6 is 11.3 Å². The van der Waals surface area contributed by atoms with Gasteiger partial charge in [0.25, 0.3) is 5.91 Å². The molecule has 0 atom stereocenters. The summed E-state index contributed by atoms with van der Waals surface area (Å²) in [5, 5.41) is 4.63. The Morgan fingerprint density at radius 2 is 1.79 bits per heavy atom. The first-order valence-electron chi connectivity index (χ1n) is 8.39. The summed E-state index contributed by atoms with van der Waals surface area (Å²) in [5.74, 6) is -0.380. The molecule has 28 heavy (non-hydrogen) atoms. The third-order valence-corrected chi connectivity index (χ3v) is 5.02. The fourth-order valence-electron chi connectivity index (χ4n) is 2.90. The van der Waals surface area contributed by atoms with Crippen LogP contribution in [0.2, 0.25) is 0 Å². The molecule has 0 saturated carbocycles. The van der Waals surface area contributed by atoms with Crippen molar-refractivity contribution in [2.45, 2.75) is 12.7 Å². The van der Waals surface area contributed by atoms with Crippen LogP contribution in [0.25, 0.3) is 16.2 Å². The van der Waals surface area contributed by atoms with Gasteiger partial charge in [0.2, 0.25) is 0 Å². The van der Waals surface area contributed by atoms with E-state index < -0.39 is 11.7 Å². The zero-order valence-corrected chi connectivity index (χ0v) is 15.2. The molecule has 0 spiro atoms. The number of hydrogen-bond donors (Lipinski definition) is 1. The van der Waals surface area contributed by atoms with E-state index in [0.29, 0.717) is 22.8 Å². The number of rotatable bonds is 4. The number of nitrogens with one attached hydrogen (secondary N) is 1. The molecule has 2 heterocycles. The number of alkyl halides is 3. The second-order valence-electron chi connectivity index (χ2n) is 6.11. The largest absolute Gasteiger partial charge is 0.416 e. The van der Waals surface area contributed by atoms with Crippen LogP contribution in [0.5, 0.6) is 0 Å². The van der Waals surface area contributed by atoms with Crippen LogP contribution in [0.15, 0.2) is 66.2 Å². The minimum Gasteiger partial charge on any atom is -0.347 e. The van der Waals surface area contributed by atoms with Crippen molar-refractivity contribution in [3.05, 3.63) is 83.0 Å². The minimum atomic E-state index is -4.41. The zero-order chi connectivity index (χ0) is 19.7. The van der Waals surface area contributed by atoms with Crippen molar-refractivity contribution in [3.8, 4) is 11.3 Å². The van der Waals surface area contributed by atoms with Gasteiger partial charge in [-0.1, -0.05) is 42.5 Å². The van der Waals surface area contributed by atoms with Crippen LogP contribution in [-0.4, -0.2) is 15.3 Å². The number of amides is 1. The molecule has 4 aromatic rings. The Morgan fingerprint density at radius 1 is 1.07 bits per heavy atom. The Kier molecular flexibility index (Phi) is 4.64. The average Bonchev–Trinajstić information content (AvgIpc) is 3.27. The van der Waals surface area contributed by atoms with E-state index >= 15 is 0 Å². The molecule has 0 saturated heterocycles. The van der Waals surface area contributed by atoms with Crippen molar-refractivity contribution < 1.29 is 18.0 Å². The summed E-state index contributed by atoms with van der Waals surface area (Å²) < 4.78 is 40.3. The van der Waals surface area contributed by atoms with E-state index in [1.165, 1.54) is 23.5 Å². The average molecular weight is 401 g/mol. The molecule has 0 fully saturated rings. The Hall–Kier alpha value is -3.13. The van der Waals surface area contributed by atoms with Gasteiger partial charge in [-0.25, -0.2) is 4.98 Å². The van der Waals surface area contributed by atoms with Crippen molar-refractivity contribution in [3.63, 3.8) is 0 Å². The SMILES string of the molecule is O=C(NCc1ccccc1)c1nc2sccn2c1-c1ccc(C(F)(F)F)cc1. The first-order chi connectivity index (χ1) is 13.4. The van der Waals surface area contributed by atoms with Crippen LogP contribution < -0.4 is 5.32 Å². The van der Waals surface area contributed by atoms with Gasteiger partial charge in [-0.2, -0.15) is 13.2 Å². The van der Waals surface area contributed by atoms with E-state index in [4.69, 9.17) is 0 Å². The lowest BCUT2D eigenvalue weighted by Gasteiger charge is -2.09. The summed E-state index contributed by atoms with van der Waals surface area (Å²) in [4.78, 5) is 17.7. The highest BCUT2D eigenvalue weighted by atomic mass is 32.1. The molecule has 1 amide bonds. The Bertz CT molecular complexity index is 1120. The maximum absolute atomic E-state index is 12.9. The Morgan fingerprint density at radius 3 is 2.46 bits per heavy atom. The second kappa shape index (κ2) is 7.12. The predicted molar refractivity (Wildman–Crippen MR) is 101 cm³/mol. The Labute approximate surface area is 162 Å². The van der Waals surface area contributed by atoms with Gasteiger partial charge in [0, 0.05) is 23.7 Å². The number of carbonyl (C=O) groups excluding carboxylic acids is 1. The van der Waals surface area contributed by atoms with E-state index in [-0.39, 0.29) is 11.6 Å². The van der Waals surface area contributed by atoms with Gasteiger partial charge in [-0.3, -0.25) is 9.20 Å². The third-order valence-electron chi connectivity index (χ3n) is 4.26. The normalized spacial score (nSPS) is 11.7. The third kappa shape index (κ3) is 3.50. The maximum Gasteiger partial charge on any atom is 0.416 e. The predicted octanol–water partition coefficient (Wildman–Crippen LogP) is 5.01. The van der Waals surface area contributed by atoms with E-state index in [0.717, 1.165) is 17.7 Å². The number of nitrogens with zero attached hydrogens (tertiary/aromatic N) is 2. The van der Waals surface area contributed by atoms with Gasteiger partial charge in [0.1, 0.15) is 0 Å². The number of fused-ring (bicyclic) bond motifs is 1. The standard InChI is InChI=1S/C20H14F3N3OS/c21-20(22,23)15-8-6-14(7-9-15)17-16(25-19-26(17)10-11-28-19)18(27)24-12-13-4-2-1-3-5-13/h1-11H,12H2,(H,24,27). The fourth-order valence-corrected chi connectivity index (χ4v) is 3.61. The maximum atomic E-state index is 12.9. The highest BCUT2D eigenvalue weighted by molar-refractivity contribution is 7.15. The molecule has 4 rings (SSSR count). The quantitative estimate of drug-likeness (QED) is 0.522. The molecule has 2 aromatic heterocycles. The summed E-state index contributed by atoms with van der Waals surface area (Å²) in [7, 11) is 0. The lowest BCUT2D eigenvalue weighted by Crippen LogP contribution is -2.23. The van der Waals surface area contributed by atoms with Crippen molar-refractivity contribution in [1.29, 1.82) is 0 Å². The lowest BCUT2D eigenvalue weighted by molar-refractivity contribution is -0.137. The zero-order valence-electron chi connectivity index (χ0n) is 14.4. The second-order valence-corrected chi connectivity index (χ2v) is 6.98. The molecular formula is C20H14F3N3OS. The van der Waals surface area contributed by atoms with Crippen LogP contribution in [0.3, 0.4) is 0 Å². The van der Waals surface area contributed by atoms with E-state index in [1.807, 2.05) is 35.7 Å². The molecule has 4 nitrogen and oxygen atoms in total. The van der Waals surface area contributed by atoms with Gasteiger partial charge in [0.15, 0.2) is 10.7 Å². The van der Waals surface area contributed by atoms with E-state index in [1.54, 1.807) is 10.6 Å². The summed E-state index contributed by atoms with van der Waals surface area (Å²) >= 11 is 1.35. The van der Waals surface area contributed by atoms with Gasteiger partial charge in [-0.15, -0.1) is 11.3 Å². The first-order valence-corrected chi connectivity index (χ1v) is 9.27. The number of imidazole rings is 1. The minimum absolute atomic E-state index is 0.183. The number of benzene rings is 2. The summed E-state index contributed by atoms with van der Waals surface area (Å²) in [5.41, 5.74) is 1.34. The summed E-state index contributed by atoms with van der Waals surface area (Å²) in [6.07, 6.45) is -2.67. The van der Waals surface area contributed by atoms with Crippen molar-refractivity contribution >= 4 is 22.2 Å². The highest BCUT2D eigenvalue weighted by Crippen LogP contribution is 2.32. The Balaban J connectivity index is 1.68. The molecule has 0 aliphatic rings. The van der Waals surface area contributed by atoms with Gasteiger partial charge < -0.3 is 5.32 Å². The highest BCUT2D eigenvalue weighted by Gasteiger charge is 2.30. The molecule has 0 unspecified atom stereocenters. The summed E-state index contributed by atoms with van der Waals surface area (Å²) in [6.45, 7) is 0.331. The van der Waals surface area contributed by atoms with Gasteiger partial charge in [-0.05, 0) is 17.7 Å². The smallest absolute Gasteiger partial charge is 0.347 e. The van der Waals surface area contributed by atoms with Crippen molar-refractivity contribution in [2.75, 3.05) is 0 Å². The molecule has 8 heteroatoms. The van der Waals surface area contributed by atoms with Gasteiger partial charge in [0.05, 0.1) is 11.3 Å². The van der Waals surface area contributed by atoms with Gasteiger partial charge >= 0.3 is 6.18 Å². The molecular weight excluding hydrogens is 387 g/mol. The number of aromatic nitrogens is 2.